The molecule has 30 heavy (non-hydrogen) atoms. The van der Waals surface area contributed by atoms with Crippen LogP contribution in [0.4, 0.5) is 0 Å². The summed E-state index contributed by atoms with van der Waals surface area (Å²) in [6.45, 7) is 14.8. The second kappa shape index (κ2) is 11.5. The van der Waals surface area contributed by atoms with Crippen molar-refractivity contribution in [1.29, 1.82) is 0 Å². The van der Waals surface area contributed by atoms with E-state index in [4.69, 9.17) is 4.74 Å². The van der Waals surface area contributed by atoms with Crippen LogP contribution in [0.1, 0.15) is 57.5 Å². The number of carbonyl (C=O) groups excluding carboxylic acids is 2. The molecule has 0 fully saturated rings. The molecule has 0 spiro atoms. The highest BCUT2D eigenvalue weighted by atomic mass is 32.2. The summed E-state index contributed by atoms with van der Waals surface area (Å²) in [4.78, 5) is 26.8. The van der Waals surface area contributed by atoms with Gasteiger partial charge >= 0.3 is 5.97 Å². The van der Waals surface area contributed by atoms with Gasteiger partial charge in [0, 0.05) is 26.2 Å². The Kier molecular flexibility index (Phi) is 9.97. The number of rotatable bonds is 11. The Morgan fingerprint density at radius 2 is 1.53 bits per heavy atom. The lowest BCUT2D eigenvalue weighted by Crippen LogP contribution is -2.39. The molecule has 0 radical (unpaired) electrons. The van der Waals surface area contributed by atoms with Gasteiger partial charge in [0.15, 0.2) is 6.61 Å². The number of aryl methyl sites for hydroxylation is 1. The Bertz CT molecular complexity index is 820. The number of hydrogen-bond acceptors (Lipinski definition) is 5. The van der Waals surface area contributed by atoms with Crippen LogP contribution in [-0.4, -0.2) is 62.3 Å². The number of esters is 1. The summed E-state index contributed by atoms with van der Waals surface area (Å²) in [6, 6.07) is 4.43. The third kappa shape index (κ3) is 7.09. The number of hydrogen-bond donors (Lipinski definition) is 0. The highest BCUT2D eigenvalue weighted by molar-refractivity contribution is 7.89. The summed E-state index contributed by atoms with van der Waals surface area (Å²) in [7, 11) is -3.71. The zero-order valence-electron chi connectivity index (χ0n) is 19.3. The van der Waals surface area contributed by atoms with Crippen LogP contribution in [0.2, 0.25) is 0 Å². The third-order valence-corrected chi connectivity index (χ3v) is 6.79. The molecule has 0 saturated carbocycles. The minimum Gasteiger partial charge on any atom is -0.452 e. The lowest BCUT2D eigenvalue weighted by atomic mass is 10.1. The van der Waals surface area contributed by atoms with E-state index in [-0.39, 0.29) is 23.0 Å². The van der Waals surface area contributed by atoms with E-state index in [0.29, 0.717) is 43.6 Å². The minimum absolute atomic E-state index is 0.0771. The summed E-state index contributed by atoms with van der Waals surface area (Å²) in [5.41, 5.74) is 0.660. The molecule has 170 valence electrons. The van der Waals surface area contributed by atoms with Gasteiger partial charge in [0.1, 0.15) is 0 Å². The van der Waals surface area contributed by atoms with Crippen molar-refractivity contribution in [2.45, 2.75) is 53.4 Å². The molecule has 0 saturated heterocycles. The number of carbonyl (C=O) groups is 2. The average Bonchev–Trinajstić information content (AvgIpc) is 2.65. The summed E-state index contributed by atoms with van der Waals surface area (Å²) in [5.74, 6) is -0.371. The first-order valence-corrected chi connectivity index (χ1v) is 11.9. The Labute approximate surface area is 181 Å². The van der Waals surface area contributed by atoms with Crippen molar-refractivity contribution < 1.29 is 22.7 Å². The Morgan fingerprint density at radius 1 is 1.00 bits per heavy atom. The standard InChI is InChI=1S/C22H36N2O5S/c1-8-24(9-2)30(27,28)20-12-19(11-10-18(20)7)22(26)29-15-21(25)23(13-16(3)4)14-17(5)6/h10-12,16-17H,8-9,13-15H2,1-7H3. The van der Waals surface area contributed by atoms with Crippen LogP contribution in [0.25, 0.3) is 0 Å². The maximum Gasteiger partial charge on any atom is 0.338 e. The summed E-state index contributed by atoms with van der Waals surface area (Å²) in [5, 5.41) is 0. The van der Waals surface area contributed by atoms with E-state index in [0.717, 1.165) is 0 Å². The predicted octanol–water partition coefficient (Wildman–Crippen LogP) is 3.32. The van der Waals surface area contributed by atoms with Gasteiger partial charge in [-0.2, -0.15) is 4.31 Å². The Balaban J connectivity index is 2.98. The minimum atomic E-state index is -3.71. The second-order valence-corrected chi connectivity index (χ2v) is 10.1. The molecule has 0 aliphatic rings. The molecule has 1 aromatic carbocycles. The molecule has 0 unspecified atom stereocenters. The Morgan fingerprint density at radius 3 is 2.00 bits per heavy atom. The zero-order chi connectivity index (χ0) is 23.1. The molecule has 0 aromatic heterocycles. The van der Waals surface area contributed by atoms with Crippen molar-refractivity contribution in [3.8, 4) is 0 Å². The maximum absolute atomic E-state index is 12.9. The van der Waals surface area contributed by atoms with Crippen LogP contribution in [0.15, 0.2) is 23.1 Å². The zero-order valence-corrected chi connectivity index (χ0v) is 20.1. The molecule has 0 bridgehead atoms. The van der Waals surface area contributed by atoms with Gasteiger partial charge in [0.2, 0.25) is 10.0 Å². The van der Waals surface area contributed by atoms with Gasteiger partial charge in [-0.15, -0.1) is 0 Å². The van der Waals surface area contributed by atoms with Crippen LogP contribution in [0.3, 0.4) is 0 Å². The van der Waals surface area contributed by atoms with E-state index in [9.17, 15) is 18.0 Å². The van der Waals surface area contributed by atoms with E-state index >= 15 is 0 Å². The number of benzene rings is 1. The first kappa shape index (κ1) is 26.1. The fourth-order valence-electron chi connectivity index (χ4n) is 3.17. The molecule has 1 aromatic rings. The molecule has 1 rings (SSSR count). The van der Waals surface area contributed by atoms with E-state index in [1.807, 2.05) is 27.7 Å². The smallest absolute Gasteiger partial charge is 0.338 e. The summed E-state index contributed by atoms with van der Waals surface area (Å²) >= 11 is 0. The van der Waals surface area contributed by atoms with Gasteiger partial charge in [-0.05, 0) is 36.5 Å². The molecule has 0 N–H and O–H groups in total. The molecular weight excluding hydrogens is 404 g/mol. The van der Waals surface area contributed by atoms with Crippen molar-refractivity contribution >= 4 is 21.9 Å². The van der Waals surface area contributed by atoms with Crippen molar-refractivity contribution in [2.75, 3.05) is 32.8 Å². The van der Waals surface area contributed by atoms with E-state index in [2.05, 4.69) is 0 Å². The molecular formula is C22H36N2O5S. The molecule has 8 heteroatoms. The molecule has 1 amide bonds. The highest BCUT2D eigenvalue weighted by Gasteiger charge is 2.25. The fraction of sp³-hybridized carbons (Fsp3) is 0.636. The van der Waals surface area contributed by atoms with Crippen LogP contribution >= 0.6 is 0 Å². The van der Waals surface area contributed by atoms with E-state index in [1.165, 1.54) is 16.4 Å². The van der Waals surface area contributed by atoms with E-state index in [1.54, 1.807) is 31.7 Å². The quantitative estimate of drug-likeness (QED) is 0.493. The third-order valence-electron chi connectivity index (χ3n) is 4.60. The average molecular weight is 441 g/mol. The number of amides is 1. The summed E-state index contributed by atoms with van der Waals surface area (Å²) in [6.07, 6.45) is 0. The maximum atomic E-state index is 12.9. The van der Waals surface area contributed by atoms with Gasteiger partial charge in [0.25, 0.3) is 5.91 Å². The monoisotopic (exact) mass is 440 g/mol. The largest absolute Gasteiger partial charge is 0.452 e. The fourth-order valence-corrected chi connectivity index (χ4v) is 4.88. The number of ether oxygens (including phenoxy) is 1. The molecule has 0 aliphatic heterocycles. The predicted molar refractivity (Wildman–Crippen MR) is 118 cm³/mol. The van der Waals surface area contributed by atoms with Crippen LogP contribution in [-0.2, 0) is 19.6 Å². The highest BCUT2D eigenvalue weighted by Crippen LogP contribution is 2.22. The second-order valence-electron chi connectivity index (χ2n) is 8.23. The molecule has 0 heterocycles. The van der Waals surface area contributed by atoms with Crippen molar-refractivity contribution in [1.82, 2.24) is 9.21 Å². The van der Waals surface area contributed by atoms with Gasteiger partial charge in [-0.1, -0.05) is 47.6 Å². The number of sulfonamides is 1. The van der Waals surface area contributed by atoms with Gasteiger partial charge in [-0.3, -0.25) is 4.79 Å². The van der Waals surface area contributed by atoms with Crippen LogP contribution in [0.5, 0.6) is 0 Å². The first-order chi connectivity index (χ1) is 13.9. The molecule has 0 atom stereocenters. The first-order valence-electron chi connectivity index (χ1n) is 10.5. The van der Waals surface area contributed by atoms with Crippen LogP contribution < -0.4 is 0 Å². The normalized spacial score (nSPS) is 11.9. The van der Waals surface area contributed by atoms with E-state index < -0.39 is 16.0 Å². The lowest BCUT2D eigenvalue weighted by molar-refractivity contribution is -0.135. The summed E-state index contributed by atoms with van der Waals surface area (Å²) < 4.78 is 32.3. The topological polar surface area (TPSA) is 84.0 Å². The number of nitrogens with zero attached hydrogens (tertiary/aromatic N) is 2. The van der Waals surface area contributed by atoms with Gasteiger partial charge in [0.05, 0.1) is 10.5 Å². The Hall–Kier alpha value is -1.93. The van der Waals surface area contributed by atoms with Crippen molar-refractivity contribution in [2.24, 2.45) is 11.8 Å². The van der Waals surface area contributed by atoms with Gasteiger partial charge in [-0.25, -0.2) is 13.2 Å². The molecule has 0 aliphatic carbocycles. The molecule has 7 nitrogen and oxygen atoms in total. The lowest BCUT2D eigenvalue weighted by Gasteiger charge is -2.26. The van der Waals surface area contributed by atoms with Crippen molar-refractivity contribution in [3.63, 3.8) is 0 Å². The van der Waals surface area contributed by atoms with Crippen LogP contribution in [0, 0.1) is 18.8 Å². The SMILES string of the molecule is CCN(CC)S(=O)(=O)c1cc(C(=O)OCC(=O)N(CC(C)C)CC(C)C)ccc1C. The van der Waals surface area contributed by atoms with Gasteiger partial charge < -0.3 is 9.64 Å². The van der Waals surface area contributed by atoms with Crippen molar-refractivity contribution in [3.05, 3.63) is 29.3 Å².